The number of rotatable bonds is 4. The molecule has 0 saturated heterocycles. The molecule has 0 aliphatic carbocycles. The van der Waals surface area contributed by atoms with Gasteiger partial charge < -0.3 is 23.4 Å². The number of fused-ring (bicyclic) bond motifs is 26. The van der Waals surface area contributed by atoms with Gasteiger partial charge in [-0.2, -0.15) is 5.26 Å². The van der Waals surface area contributed by atoms with E-state index in [9.17, 15) is 24.5 Å². The molecule has 13 bridgehead atoms. The van der Waals surface area contributed by atoms with Crippen LogP contribution in [-0.4, -0.2) is 15.8 Å². The molecule has 0 fully saturated rings. The highest BCUT2D eigenvalue weighted by molar-refractivity contribution is 7.00. The van der Waals surface area contributed by atoms with Crippen LogP contribution in [0.3, 0.4) is 0 Å². The van der Waals surface area contributed by atoms with Crippen molar-refractivity contribution in [2.75, 3.05) is 9.80 Å². The first-order valence-corrected chi connectivity index (χ1v) is 37.8. The average molecular weight is 1450 g/mol. The number of nitrogens with zero attached hydrogens (tertiary/aromatic N) is 6. The monoisotopic (exact) mass is 1450 g/mol. The third-order valence-corrected chi connectivity index (χ3v) is 23.0. The lowest BCUT2D eigenvalue weighted by Gasteiger charge is -2.47. The van der Waals surface area contributed by atoms with Gasteiger partial charge >= 0.3 is 0 Å². The van der Waals surface area contributed by atoms with Crippen LogP contribution in [0.25, 0.3) is 149 Å². The molecule has 7 nitrogen and oxygen atoms in total. The number of hydrogen-bond donors (Lipinski definition) is 0. The Balaban J connectivity index is 1.01. The lowest BCUT2D eigenvalue weighted by Crippen LogP contribution is -2.61. The molecule has 0 N–H and O–H groups in total. The van der Waals surface area contributed by atoms with E-state index in [2.05, 4.69) is 210 Å². The van der Waals surface area contributed by atoms with Crippen LogP contribution in [0.4, 0.5) is 39.8 Å². The number of benzene rings is 15. The Hall–Kier alpha value is -13.7. The first kappa shape index (κ1) is 53.2. The fourth-order valence-corrected chi connectivity index (χ4v) is 17.4. The molecule has 532 valence electrons. The van der Waals surface area contributed by atoms with Gasteiger partial charge in [0.2, 0.25) is 0 Å². The standard InChI is InChI=1S/C104H77BN6O/c1-102(2,3)71-52-79(63-23-13-11-14-24-63)100-81(54-71)69-29-21-27-65(48-69)67-36-45-97-85(50-67)86-51-68(37-46-98(86)112-97)66-28-22-30-70(49-66)82-55-72(103(4,5)6)53-80(64-25-15-12-16-26-64)101(82)111-94-60-76(109-90-34-20-18-32-78(90)84-58-74(107-10)38-44-92(84)109)40-42-88(94)105-87-41-39-75(59-93(87)110(100)95-56-73(104(7,8)9)57-96(111)99(95)105)108-89-33-19-17-31-77(89)83-47-62(61-106)35-43-91(83)108/h11-60H,1-9H3/i17D,18D,19D,20D,31D,32D,33D,34D,35D,38D,43D,44D,47D,58D. The highest BCUT2D eigenvalue weighted by atomic mass is 16.3. The van der Waals surface area contributed by atoms with Crippen molar-refractivity contribution < 1.29 is 23.6 Å². The summed E-state index contributed by atoms with van der Waals surface area (Å²) in [5.74, 6) is 0. The highest BCUT2D eigenvalue weighted by Crippen LogP contribution is 2.57. The zero-order valence-corrected chi connectivity index (χ0v) is 63.0. The fraction of sp³-hybridized carbons (Fsp3) is 0.115. The summed E-state index contributed by atoms with van der Waals surface area (Å²) in [5.41, 5.74) is 19.0. The molecule has 15 aromatic carbocycles. The van der Waals surface area contributed by atoms with E-state index in [1.807, 2.05) is 91.0 Å². The summed E-state index contributed by atoms with van der Waals surface area (Å²) in [5, 5.41) is 12.2. The Morgan fingerprint density at radius 2 is 0.786 bits per heavy atom. The SMILES string of the molecule is [2H]c1c([2H])c([2H])c2c(c1[2H])c1c([2H])c(C#N)c([2H])c([2H])c1n2-c1ccc2c(c1)N1c3cc(C(C)(C)C)cc4c3B2c2ccc(-n3c5c([2H])c([2H])c([2H])c([2H])c5c5c([2H])c([N+]#[C-])c([2H])c([2H])c53)cc2N4c2c(-c3ccccc3)cc(C(C)(C)C)cc2-c2cccc(c2)-c2ccc3oc4ccc(cc4c3c2)-c2cccc(c2)-c2cc(C(C)(C)C)cc(-c3ccccc3)c21. The van der Waals surface area contributed by atoms with E-state index in [1.54, 1.807) is 9.13 Å². The predicted octanol–water partition coefficient (Wildman–Crippen LogP) is 26.5. The second kappa shape index (κ2) is 24.4. The van der Waals surface area contributed by atoms with E-state index in [1.165, 1.54) is 0 Å². The van der Waals surface area contributed by atoms with Crippen LogP contribution in [0.5, 0.6) is 0 Å². The van der Waals surface area contributed by atoms with Crippen molar-refractivity contribution in [3.8, 4) is 84.2 Å². The van der Waals surface area contributed by atoms with Crippen LogP contribution < -0.4 is 26.2 Å². The quantitative estimate of drug-likeness (QED) is 0.130. The minimum Gasteiger partial charge on any atom is -0.456 e. The van der Waals surface area contributed by atoms with Crippen molar-refractivity contribution in [1.82, 2.24) is 9.13 Å². The van der Waals surface area contributed by atoms with E-state index in [0.717, 1.165) is 128 Å². The average Bonchev–Trinajstić information content (AvgIpc) is 0.931. The summed E-state index contributed by atoms with van der Waals surface area (Å²) in [6.07, 6.45) is 0. The zero-order chi connectivity index (χ0) is 88.1. The van der Waals surface area contributed by atoms with E-state index in [0.29, 0.717) is 33.7 Å². The zero-order valence-electron chi connectivity index (χ0n) is 77.0. The minimum absolute atomic E-state index is 0.0716. The lowest BCUT2D eigenvalue weighted by atomic mass is 9.33. The van der Waals surface area contributed by atoms with E-state index >= 15 is 0 Å². The molecule has 8 heteroatoms. The van der Waals surface area contributed by atoms with Gasteiger partial charge in [0.1, 0.15) is 11.2 Å². The van der Waals surface area contributed by atoms with Crippen LogP contribution in [-0.2, 0) is 16.2 Å². The Bertz CT molecular complexity index is 7620. The molecule has 21 rings (SSSR count). The molecule has 6 heterocycles. The molecule has 0 radical (unpaired) electrons. The Labute approximate surface area is 672 Å². The molecular weight excluding hydrogens is 1360 g/mol. The van der Waals surface area contributed by atoms with Crippen LogP contribution in [0.2, 0.25) is 0 Å². The Morgan fingerprint density at radius 1 is 0.375 bits per heavy atom. The maximum Gasteiger partial charge on any atom is 0.252 e. The van der Waals surface area contributed by atoms with Crippen molar-refractivity contribution in [2.24, 2.45) is 0 Å². The maximum absolute atomic E-state index is 10.8. The highest BCUT2D eigenvalue weighted by Gasteiger charge is 2.47. The molecule has 0 saturated carbocycles. The first-order chi connectivity index (χ1) is 60.2. The predicted molar refractivity (Wildman–Crippen MR) is 470 cm³/mol. The first-order valence-electron chi connectivity index (χ1n) is 44.8. The van der Waals surface area contributed by atoms with Gasteiger partial charge in [0.05, 0.1) is 68.1 Å². The van der Waals surface area contributed by atoms with Crippen molar-refractivity contribution in [1.29, 1.82) is 5.26 Å². The summed E-state index contributed by atoms with van der Waals surface area (Å²) in [7, 11) is 0. The van der Waals surface area contributed by atoms with Crippen LogP contribution in [0.15, 0.2) is 307 Å². The van der Waals surface area contributed by atoms with Gasteiger partial charge in [-0.3, -0.25) is 0 Å². The van der Waals surface area contributed by atoms with Gasteiger partial charge in [-0.15, -0.1) is 0 Å². The molecule has 3 aromatic heterocycles. The van der Waals surface area contributed by atoms with E-state index in [-0.39, 0.29) is 49.3 Å². The number of hydrogen-bond acceptors (Lipinski definition) is 4. The molecule has 0 amide bonds. The van der Waals surface area contributed by atoms with E-state index < -0.39 is 119 Å². The molecule has 0 atom stereocenters. The van der Waals surface area contributed by atoms with Crippen molar-refractivity contribution >= 4 is 128 Å². The minimum atomic E-state index is -0.812. The molecule has 112 heavy (non-hydrogen) atoms. The molecular formula is C104H77BN6O. The second-order valence-corrected chi connectivity index (χ2v) is 32.8. The smallest absolute Gasteiger partial charge is 0.252 e. The van der Waals surface area contributed by atoms with Crippen LogP contribution >= 0.6 is 0 Å². The topological polar surface area (TPSA) is 57.6 Å². The normalized spacial score (nSPS) is 14.7. The number of anilines is 6. The third kappa shape index (κ3) is 10.2. The van der Waals surface area contributed by atoms with Gasteiger partial charge in [-0.05, 0) is 239 Å². The fourth-order valence-electron chi connectivity index (χ4n) is 17.4. The maximum atomic E-state index is 10.8. The lowest BCUT2D eigenvalue weighted by molar-refractivity contribution is 0.590. The summed E-state index contributed by atoms with van der Waals surface area (Å²) in [4.78, 5) is 8.33. The van der Waals surface area contributed by atoms with Crippen molar-refractivity contribution in [3.05, 3.63) is 337 Å². The van der Waals surface area contributed by atoms with Crippen LogP contribution in [0, 0.1) is 17.9 Å². The van der Waals surface area contributed by atoms with Crippen molar-refractivity contribution in [2.45, 2.75) is 78.6 Å². The van der Waals surface area contributed by atoms with E-state index in [4.69, 9.17) is 11.0 Å². The van der Waals surface area contributed by atoms with Crippen LogP contribution in [0.1, 0.15) is 104 Å². The van der Waals surface area contributed by atoms with Gasteiger partial charge in [-0.25, -0.2) is 4.85 Å². The van der Waals surface area contributed by atoms with Gasteiger partial charge in [0.15, 0.2) is 5.69 Å². The second-order valence-electron chi connectivity index (χ2n) is 32.8. The summed E-state index contributed by atoms with van der Waals surface area (Å²) in [6, 6.07) is 70.8. The summed E-state index contributed by atoms with van der Waals surface area (Å²) >= 11 is 0. The Kier molecular flexibility index (Phi) is 11.6. The van der Waals surface area contributed by atoms with Crippen molar-refractivity contribution in [3.63, 3.8) is 0 Å². The summed E-state index contributed by atoms with van der Waals surface area (Å²) in [6.45, 7) is 27.3. The largest absolute Gasteiger partial charge is 0.456 e. The number of furan rings is 1. The molecule has 0 unspecified atom stereocenters. The molecule has 18 aromatic rings. The number of aromatic nitrogens is 2. The molecule has 3 aliphatic rings. The van der Waals surface area contributed by atoms with Gasteiger partial charge in [0.25, 0.3) is 6.71 Å². The third-order valence-electron chi connectivity index (χ3n) is 23.0. The number of para-hydroxylation sites is 2. The molecule has 3 aliphatic heterocycles. The Morgan fingerprint density at radius 3 is 1.25 bits per heavy atom. The molecule has 0 spiro atoms. The number of nitriles is 1. The summed E-state index contributed by atoms with van der Waals surface area (Å²) < 4.78 is 145. The van der Waals surface area contributed by atoms with Gasteiger partial charge in [0, 0.05) is 86.1 Å². The van der Waals surface area contributed by atoms with Gasteiger partial charge in [-0.1, -0.05) is 226 Å².